The maximum absolute atomic E-state index is 9.64. The van der Waals surface area contributed by atoms with E-state index in [2.05, 4.69) is 0 Å². The van der Waals surface area contributed by atoms with Gasteiger partial charge in [0, 0.05) is 0 Å². The van der Waals surface area contributed by atoms with Crippen LogP contribution < -0.4 is 0 Å². The average molecular weight is 154 g/mol. The fraction of sp³-hybridized carbons (Fsp3) is 0.800. The SMILES string of the molecule is CC(C)=CC(O)C1CCCC1. The maximum atomic E-state index is 9.64. The van der Waals surface area contributed by atoms with Gasteiger partial charge in [-0.3, -0.25) is 0 Å². The van der Waals surface area contributed by atoms with Gasteiger partial charge < -0.3 is 5.11 Å². The molecule has 0 aromatic heterocycles. The number of hydrogen-bond acceptors (Lipinski definition) is 1. The lowest BCUT2D eigenvalue weighted by Crippen LogP contribution is -2.14. The maximum Gasteiger partial charge on any atom is 0.0751 e. The molecule has 1 unspecified atom stereocenters. The van der Waals surface area contributed by atoms with Gasteiger partial charge in [-0.25, -0.2) is 0 Å². The van der Waals surface area contributed by atoms with E-state index in [1.165, 1.54) is 31.3 Å². The van der Waals surface area contributed by atoms with Crippen molar-refractivity contribution < 1.29 is 5.11 Å². The lowest BCUT2D eigenvalue weighted by molar-refractivity contribution is 0.155. The van der Waals surface area contributed by atoms with Crippen LogP contribution in [0.15, 0.2) is 11.6 Å². The summed E-state index contributed by atoms with van der Waals surface area (Å²) in [6.45, 7) is 4.08. The molecule has 1 fully saturated rings. The lowest BCUT2D eigenvalue weighted by atomic mass is 9.99. The molecule has 0 spiro atoms. The first-order valence-electron chi connectivity index (χ1n) is 4.53. The Kier molecular flexibility index (Phi) is 3.13. The quantitative estimate of drug-likeness (QED) is 0.606. The number of rotatable bonds is 2. The highest BCUT2D eigenvalue weighted by Crippen LogP contribution is 2.28. The Hall–Kier alpha value is -0.300. The Morgan fingerprint density at radius 3 is 2.36 bits per heavy atom. The fourth-order valence-electron chi connectivity index (χ4n) is 1.78. The van der Waals surface area contributed by atoms with E-state index in [0.29, 0.717) is 5.92 Å². The molecule has 1 aliphatic carbocycles. The van der Waals surface area contributed by atoms with Crippen LogP contribution in [0.4, 0.5) is 0 Å². The minimum absolute atomic E-state index is 0.178. The molecule has 1 rings (SSSR count). The molecule has 1 aliphatic rings. The van der Waals surface area contributed by atoms with Gasteiger partial charge in [0.05, 0.1) is 6.10 Å². The zero-order chi connectivity index (χ0) is 8.27. The highest BCUT2D eigenvalue weighted by Gasteiger charge is 2.20. The number of allylic oxidation sites excluding steroid dienone is 1. The summed E-state index contributed by atoms with van der Waals surface area (Å²) in [5.74, 6) is 0.546. The molecule has 11 heavy (non-hydrogen) atoms. The van der Waals surface area contributed by atoms with Gasteiger partial charge in [-0.15, -0.1) is 0 Å². The molecule has 1 saturated carbocycles. The second kappa shape index (κ2) is 3.91. The molecule has 1 atom stereocenters. The molecular formula is C10H18O. The van der Waals surface area contributed by atoms with Crippen LogP contribution in [0.25, 0.3) is 0 Å². The second-order valence-electron chi connectivity index (χ2n) is 3.78. The van der Waals surface area contributed by atoms with Gasteiger partial charge in [0.15, 0.2) is 0 Å². The first kappa shape index (κ1) is 8.79. The molecule has 0 saturated heterocycles. The van der Waals surface area contributed by atoms with Crippen LogP contribution in [0.3, 0.4) is 0 Å². The van der Waals surface area contributed by atoms with E-state index in [-0.39, 0.29) is 6.10 Å². The van der Waals surface area contributed by atoms with Gasteiger partial charge in [-0.2, -0.15) is 0 Å². The normalized spacial score (nSPS) is 21.7. The van der Waals surface area contributed by atoms with Crippen LogP contribution in [0.2, 0.25) is 0 Å². The van der Waals surface area contributed by atoms with Crippen molar-refractivity contribution in [3.8, 4) is 0 Å². The highest BCUT2D eigenvalue weighted by atomic mass is 16.3. The Bertz CT molecular complexity index is 139. The average Bonchev–Trinajstić information content (AvgIpc) is 2.35. The topological polar surface area (TPSA) is 20.2 Å². The Balaban J connectivity index is 2.40. The summed E-state index contributed by atoms with van der Waals surface area (Å²) in [5, 5.41) is 9.64. The fourth-order valence-corrected chi connectivity index (χ4v) is 1.78. The van der Waals surface area contributed by atoms with E-state index in [1.54, 1.807) is 0 Å². The smallest absolute Gasteiger partial charge is 0.0751 e. The van der Waals surface area contributed by atoms with Gasteiger partial charge in [0.1, 0.15) is 0 Å². The monoisotopic (exact) mass is 154 g/mol. The molecule has 64 valence electrons. The van der Waals surface area contributed by atoms with Crippen LogP contribution in [-0.2, 0) is 0 Å². The van der Waals surface area contributed by atoms with E-state index in [0.717, 1.165) is 0 Å². The Labute approximate surface area is 69.1 Å². The predicted molar refractivity (Wildman–Crippen MR) is 47.4 cm³/mol. The van der Waals surface area contributed by atoms with Crippen molar-refractivity contribution in [2.24, 2.45) is 5.92 Å². The number of hydrogen-bond donors (Lipinski definition) is 1. The third kappa shape index (κ3) is 2.66. The van der Waals surface area contributed by atoms with Gasteiger partial charge in [-0.1, -0.05) is 24.5 Å². The summed E-state index contributed by atoms with van der Waals surface area (Å²) < 4.78 is 0. The molecule has 0 radical (unpaired) electrons. The van der Waals surface area contributed by atoms with Crippen molar-refractivity contribution in [3.05, 3.63) is 11.6 Å². The molecule has 1 nitrogen and oxygen atoms in total. The van der Waals surface area contributed by atoms with Crippen molar-refractivity contribution in [1.82, 2.24) is 0 Å². The van der Waals surface area contributed by atoms with Crippen molar-refractivity contribution in [2.75, 3.05) is 0 Å². The van der Waals surface area contributed by atoms with Crippen molar-refractivity contribution in [1.29, 1.82) is 0 Å². The number of aliphatic hydroxyl groups excluding tert-OH is 1. The van der Waals surface area contributed by atoms with Crippen molar-refractivity contribution >= 4 is 0 Å². The van der Waals surface area contributed by atoms with Gasteiger partial charge in [0.2, 0.25) is 0 Å². The molecule has 0 aromatic rings. The van der Waals surface area contributed by atoms with Gasteiger partial charge in [0.25, 0.3) is 0 Å². The number of aliphatic hydroxyl groups is 1. The highest BCUT2D eigenvalue weighted by molar-refractivity contribution is 5.00. The molecule has 0 aliphatic heterocycles. The van der Waals surface area contributed by atoms with Crippen LogP contribution in [0, 0.1) is 5.92 Å². The summed E-state index contributed by atoms with van der Waals surface area (Å²) in [6.07, 6.45) is 6.84. The van der Waals surface area contributed by atoms with Crippen molar-refractivity contribution in [2.45, 2.75) is 45.6 Å². The molecule has 0 bridgehead atoms. The lowest BCUT2D eigenvalue weighted by Gasteiger charge is -2.13. The summed E-state index contributed by atoms with van der Waals surface area (Å²) in [6, 6.07) is 0. The van der Waals surface area contributed by atoms with Crippen LogP contribution in [0.5, 0.6) is 0 Å². The van der Waals surface area contributed by atoms with E-state index < -0.39 is 0 Å². The summed E-state index contributed by atoms with van der Waals surface area (Å²) in [4.78, 5) is 0. The van der Waals surface area contributed by atoms with E-state index in [9.17, 15) is 5.11 Å². The zero-order valence-corrected chi connectivity index (χ0v) is 7.51. The van der Waals surface area contributed by atoms with Crippen molar-refractivity contribution in [3.63, 3.8) is 0 Å². The molecule has 1 N–H and O–H groups in total. The van der Waals surface area contributed by atoms with E-state index in [4.69, 9.17) is 0 Å². The predicted octanol–water partition coefficient (Wildman–Crippen LogP) is 2.50. The van der Waals surface area contributed by atoms with Crippen LogP contribution in [-0.4, -0.2) is 11.2 Å². The second-order valence-corrected chi connectivity index (χ2v) is 3.78. The third-order valence-corrected chi connectivity index (χ3v) is 2.39. The minimum Gasteiger partial charge on any atom is -0.389 e. The van der Waals surface area contributed by atoms with Gasteiger partial charge >= 0.3 is 0 Å². The Morgan fingerprint density at radius 1 is 1.36 bits per heavy atom. The molecular weight excluding hydrogens is 136 g/mol. The first-order valence-corrected chi connectivity index (χ1v) is 4.53. The summed E-state index contributed by atoms with van der Waals surface area (Å²) in [7, 11) is 0. The van der Waals surface area contributed by atoms with E-state index in [1.807, 2.05) is 19.9 Å². The molecule has 1 heteroatoms. The molecule has 0 amide bonds. The van der Waals surface area contributed by atoms with Gasteiger partial charge in [-0.05, 0) is 32.6 Å². The summed E-state index contributed by atoms with van der Waals surface area (Å²) >= 11 is 0. The standard InChI is InChI=1S/C10H18O/c1-8(2)7-10(11)9-5-3-4-6-9/h7,9-11H,3-6H2,1-2H3. The Morgan fingerprint density at radius 2 is 1.91 bits per heavy atom. The summed E-state index contributed by atoms with van der Waals surface area (Å²) in [5.41, 5.74) is 1.23. The largest absolute Gasteiger partial charge is 0.389 e. The molecule has 0 heterocycles. The molecule has 0 aromatic carbocycles. The first-order chi connectivity index (χ1) is 5.20. The van der Waals surface area contributed by atoms with Crippen LogP contribution >= 0.6 is 0 Å². The third-order valence-electron chi connectivity index (χ3n) is 2.39. The zero-order valence-electron chi connectivity index (χ0n) is 7.51. The van der Waals surface area contributed by atoms with Crippen LogP contribution in [0.1, 0.15) is 39.5 Å². The van der Waals surface area contributed by atoms with E-state index >= 15 is 0 Å². The minimum atomic E-state index is -0.178.